The Balaban J connectivity index is 1.71. The van der Waals surface area contributed by atoms with Crippen LogP contribution in [-0.2, 0) is 11.3 Å². The Labute approximate surface area is 127 Å². The maximum Gasteiger partial charge on any atom is 0.234 e. The average Bonchev–Trinajstić information content (AvgIpc) is 2.49. The highest BCUT2D eigenvalue weighted by molar-refractivity contribution is 5.78. The van der Waals surface area contributed by atoms with Gasteiger partial charge in [0, 0.05) is 25.7 Å². The smallest absolute Gasteiger partial charge is 0.234 e. The van der Waals surface area contributed by atoms with E-state index in [2.05, 4.69) is 29.4 Å². The maximum atomic E-state index is 12.0. The number of benzene rings is 1. The molecule has 4 heteroatoms. The lowest BCUT2D eigenvalue weighted by Crippen LogP contribution is -2.50. The highest BCUT2D eigenvalue weighted by Gasteiger charge is 2.26. The molecule has 1 saturated heterocycles. The van der Waals surface area contributed by atoms with Crippen LogP contribution in [0.2, 0.25) is 0 Å². The second-order valence-corrected chi connectivity index (χ2v) is 5.93. The standard InChI is InChI=1S/C17H27N3O/c1-3-18-16-9-10-20(12-14(16)2)13-17(21)19-11-15-7-5-4-6-8-15/h4-8,14,16,18H,3,9-13H2,1-2H3,(H,19,21). The minimum absolute atomic E-state index is 0.118. The first-order valence-corrected chi connectivity index (χ1v) is 7.95. The van der Waals surface area contributed by atoms with Crippen LogP contribution in [-0.4, -0.2) is 43.0 Å². The zero-order chi connectivity index (χ0) is 15.1. The van der Waals surface area contributed by atoms with Crippen molar-refractivity contribution in [2.75, 3.05) is 26.2 Å². The quantitative estimate of drug-likeness (QED) is 0.836. The van der Waals surface area contributed by atoms with Crippen molar-refractivity contribution in [3.05, 3.63) is 35.9 Å². The van der Waals surface area contributed by atoms with Crippen molar-refractivity contribution in [3.63, 3.8) is 0 Å². The van der Waals surface area contributed by atoms with Crippen molar-refractivity contribution in [2.45, 2.75) is 32.9 Å². The molecule has 1 fully saturated rings. The summed E-state index contributed by atoms with van der Waals surface area (Å²) in [7, 11) is 0. The van der Waals surface area contributed by atoms with Crippen molar-refractivity contribution < 1.29 is 4.79 Å². The Bertz CT molecular complexity index is 435. The Hall–Kier alpha value is -1.39. The predicted molar refractivity (Wildman–Crippen MR) is 86.0 cm³/mol. The molecule has 0 aliphatic carbocycles. The topological polar surface area (TPSA) is 44.4 Å². The molecule has 1 amide bonds. The third-order valence-electron chi connectivity index (χ3n) is 4.16. The van der Waals surface area contributed by atoms with Crippen molar-refractivity contribution in [1.82, 2.24) is 15.5 Å². The van der Waals surface area contributed by atoms with E-state index < -0.39 is 0 Å². The summed E-state index contributed by atoms with van der Waals surface area (Å²) in [5, 5.41) is 6.53. The summed E-state index contributed by atoms with van der Waals surface area (Å²) in [5.74, 6) is 0.716. The van der Waals surface area contributed by atoms with Crippen molar-refractivity contribution >= 4 is 5.91 Å². The fraction of sp³-hybridized carbons (Fsp3) is 0.588. The number of amides is 1. The molecule has 0 spiro atoms. The Morgan fingerprint density at radius 3 is 2.76 bits per heavy atom. The molecule has 1 aromatic rings. The molecule has 1 aliphatic rings. The van der Waals surface area contributed by atoms with Crippen LogP contribution in [0.5, 0.6) is 0 Å². The van der Waals surface area contributed by atoms with Gasteiger partial charge in [-0.2, -0.15) is 0 Å². The first-order valence-electron chi connectivity index (χ1n) is 7.95. The molecule has 21 heavy (non-hydrogen) atoms. The van der Waals surface area contributed by atoms with E-state index in [9.17, 15) is 4.79 Å². The van der Waals surface area contributed by atoms with Gasteiger partial charge in [-0.05, 0) is 24.4 Å². The van der Waals surface area contributed by atoms with Gasteiger partial charge >= 0.3 is 0 Å². The van der Waals surface area contributed by atoms with E-state index in [1.807, 2.05) is 30.3 Å². The van der Waals surface area contributed by atoms with Gasteiger partial charge in [-0.25, -0.2) is 0 Å². The number of hydrogen-bond acceptors (Lipinski definition) is 3. The van der Waals surface area contributed by atoms with Gasteiger partial charge in [0.1, 0.15) is 0 Å². The van der Waals surface area contributed by atoms with Gasteiger partial charge < -0.3 is 10.6 Å². The highest BCUT2D eigenvalue weighted by atomic mass is 16.2. The van der Waals surface area contributed by atoms with Gasteiger partial charge in [0.25, 0.3) is 0 Å². The summed E-state index contributed by atoms with van der Waals surface area (Å²) < 4.78 is 0. The molecule has 1 aliphatic heterocycles. The van der Waals surface area contributed by atoms with E-state index in [-0.39, 0.29) is 5.91 Å². The number of nitrogens with zero attached hydrogens (tertiary/aromatic N) is 1. The van der Waals surface area contributed by atoms with Gasteiger partial charge in [0.05, 0.1) is 6.54 Å². The first-order chi connectivity index (χ1) is 10.2. The fourth-order valence-corrected chi connectivity index (χ4v) is 3.00. The van der Waals surface area contributed by atoms with Crippen LogP contribution in [0.4, 0.5) is 0 Å². The molecule has 2 rings (SSSR count). The highest BCUT2D eigenvalue weighted by Crippen LogP contribution is 2.16. The van der Waals surface area contributed by atoms with E-state index in [1.165, 1.54) is 0 Å². The summed E-state index contributed by atoms with van der Waals surface area (Å²) in [6, 6.07) is 10.6. The molecule has 2 unspecified atom stereocenters. The lowest BCUT2D eigenvalue weighted by molar-refractivity contribution is -0.122. The molecule has 2 N–H and O–H groups in total. The maximum absolute atomic E-state index is 12.0. The van der Waals surface area contributed by atoms with Gasteiger partial charge in [0.15, 0.2) is 0 Å². The normalized spacial score (nSPS) is 23.0. The van der Waals surface area contributed by atoms with E-state index in [1.54, 1.807) is 0 Å². The van der Waals surface area contributed by atoms with Gasteiger partial charge in [-0.3, -0.25) is 9.69 Å². The molecule has 2 atom stereocenters. The van der Waals surface area contributed by atoms with Crippen molar-refractivity contribution in [1.29, 1.82) is 0 Å². The number of hydrogen-bond donors (Lipinski definition) is 2. The minimum Gasteiger partial charge on any atom is -0.351 e. The molecular formula is C17H27N3O. The van der Waals surface area contributed by atoms with Gasteiger partial charge in [-0.15, -0.1) is 0 Å². The predicted octanol–water partition coefficient (Wildman–Crippen LogP) is 1.62. The monoisotopic (exact) mass is 289 g/mol. The van der Waals surface area contributed by atoms with Crippen LogP contribution < -0.4 is 10.6 Å². The number of piperidine rings is 1. The molecule has 1 heterocycles. The molecular weight excluding hydrogens is 262 g/mol. The van der Waals surface area contributed by atoms with Gasteiger partial charge in [-0.1, -0.05) is 44.2 Å². The van der Waals surface area contributed by atoms with Crippen LogP contribution >= 0.6 is 0 Å². The number of likely N-dealkylation sites (tertiary alicyclic amines) is 1. The number of rotatable bonds is 6. The van der Waals surface area contributed by atoms with E-state index >= 15 is 0 Å². The van der Waals surface area contributed by atoms with Crippen LogP contribution in [0, 0.1) is 5.92 Å². The lowest BCUT2D eigenvalue weighted by atomic mass is 9.94. The summed E-state index contributed by atoms with van der Waals surface area (Å²) in [6.45, 7) is 8.56. The second kappa shape index (κ2) is 8.15. The van der Waals surface area contributed by atoms with Crippen LogP contribution in [0.3, 0.4) is 0 Å². The zero-order valence-electron chi connectivity index (χ0n) is 13.1. The van der Waals surface area contributed by atoms with Crippen LogP contribution in [0.1, 0.15) is 25.8 Å². The molecule has 0 aromatic heterocycles. The van der Waals surface area contributed by atoms with Crippen LogP contribution in [0.15, 0.2) is 30.3 Å². The summed E-state index contributed by atoms with van der Waals surface area (Å²) in [5.41, 5.74) is 1.14. The van der Waals surface area contributed by atoms with Gasteiger partial charge in [0.2, 0.25) is 5.91 Å². The SMILES string of the molecule is CCNC1CCN(CC(=O)NCc2ccccc2)CC1C. The van der Waals surface area contributed by atoms with Crippen molar-refractivity contribution in [3.8, 4) is 0 Å². The fourth-order valence-electron chi connectivity index (χ4n) is 3.00. The van der Waals surface area contributed by atoms with E-state index in [4.69, 9.17) is 0 Å². The third-order valence-corrected chi connectivity index (χ3v) is 4.16. The summed E-state index contributed by atoms with van der Waals surface area (Å²) in [6.07, 6.45) is 1.13. The minimum atomic E-state index is 0.118. The summed E-state index contributed by atoms with van der Waals surface area (Å²) in [4.78, 5) is 14.3. The Morgan fingerprint density at radius 2 is 2.10 bits per heavy atom. The van der Waals surface area contributed by atoms with E-state index in [0.717, 1.165) is 31.6 Å². The van der Waals surface area contributed by atoms with Crippen LogP contribution in [0.25, 0.3) is 0 Å². The van der Waals surface area contributed by atoms with Crippen molar-refractivity contribution in [2.24, 2.45) is 5.92 Å². The molecule has 0 saturated carbocycles. The summed E-state index contributed by atoms with van der Waals surface area (Å²) >= 11 is 0. The number of carbonyl (C=O) groups excluding carboxylic acids is 1. The molecule has 1 aromatic carbocycles. The average molecular weight is 289 g/mol. The molecule has 0 radical (unpaired) electrons. The number of nitrogens with one attached hydrogen (secondary N) is 2. The Morgan fingerprint density at radius 1 is 1.33 bits per heavy atom. The molecule has 0 bridgehead atoms. The number of carbonyl (C=O) groups is 1. The Kier molecular flexibility index (Phi) is 6.21. The molecule has 116 valence electrons. The second-order valence-electron chi connectivity index (χ2n) is 5.93. The van der Waals surface area contributed by atoms with E-state index in [0.29, 0.717) is 25.0 Å². The third kappa shape index (κ3) is 5.14. The largest absolute Gasteiger partial charge is 0.351 e. The zero-order valence-corrected chi connectivity index (χ0v) is 13.1. The first kappa shape index (κ1) is 16.0. The molecule has 4 nitrogen and oxygen atoms in total. The lowest BCUT2D eigenvalue weighted by Gasteiger charge is -2.36.